The summed E-state index contributed by atoms with van der Waals surface area (Å²) >= 11 is 0. The minimum Gasteiger partial charge on any atom is -0.311 e. The zero-order chi connectivity index (χ0) is 59.3. The molecule has 0 amide bonds. The summed E-state index contributed by atoms with van der Waals surface area (Å²) in [5.41, 5.74) is 29.1. The fraction of sp³-hybridized carbons (Fsp3) is 0.111. The Bertz CT molecular complexity index is 4690. The van der Waals surface area contributed by atoms with E-state index < -0.39 is 0 Å². The third-order valence-electron chi connectivity index (χ3n) is 18.9. The van der Waals surface area contributed by atoms with E-state index in [4.69, 9.17) is 0 Å². The maximum atomic E-state index is 2.68. The van der Waals surface area contributed by atoms with Crippen LogP contribution in [0.25, 0.3) is 27.5 Å². The maximum Gasteiger partial charge on any atom is 0.252 e. The van der Waals surface area contributed by atoms with Crippen LogP contribution in [-0.2, 0) is 0 Å². The minimum absolute atomic E-state index is 0.0762. The quantitative estimate of drug-likeness (QED) is 0.120. The van der Waals surface area contributed by atoms with Gasteiger partial charge in [0, 0.05) is 79.0 Å². The third kappa shape index (κ3) is 8.46. The first kappa shape index (κ1) is 53.3. The fourth-order valence-corrected chi connectivity index (χ4v) is 15.0. The van der Waals surface area contributed by atoms with Gasteiger partial charge in [0.1, 0.15) is 0 Å². The molecule has 0 aliphatic carbocycles. The Hall–Kier alpha value is -10.2. The summed E-state index contributed by atoms with van der Waals surface area (Å²) in [4.78, 5) is 10.1. The van der Waals surface area contributed by atoms with E-state index in [-0.39, 0.29) is 25.3 Å². The van der Waals surface area contributed by atoms with Crippen LogP contribution >= 0.6 is 0 Å². The van der Waals surface area contributed by atoms with E-state index in [0.29, 0.717) is 5.92 Å². The highest BCUT2D eigenvalue weighted by molar-refractivity contribution is 7.02. The van der Waals surface area contributed by atoms with Gasteiger partial charge < -0.3 is 24.2 Å². The molecule has 0 saturated heterocycles. The van der Waals surface area contributed by atoms with Crippen molar-refractivity contribution in [3.63, 3.8) is 0 Å². The summed E-state index contributed by atoms with van der Waals surface area (Å²) < 4.78 is 2.51. The Morgan fingerprint density at radius 1 is 0.284 bits per heavy atom. The van der Waals surface area contributed by atoms with Crippen LogP contribution in [0, 0.1) is 0 Å². The summed E-state index contributed by atoms with van der Waals surface area (Å²) in [6.07, 6.45) is 0. The first-order chi connectivity index (χ1) is 43.2. The van der Waals surface area contributed by atoms with Crippen LogP contribution in [0.15, 0.2) is 279 Å². The molecule has 422 valence electrons. The van der Waals surface area contributed by atoms with Gasteiger partial charge in [-0.3, -0.25) is 0 Å². The number of benzene rings is 12. The summed E-state index contributed by atoms with van der Waals surface area (Å²) in [6, 6.07) is 105. The number of nitrogens with zero attached hydrogens (tertiary/aromatic N) is 5. The lowest BCUT2D eigenvalue weighted by Crippen LogP contribution is -2.64. The van der Waals surface area contributed by atoms with Crippen molar-refractivity contribution in [3.05, 3.63) is 296 Å². The average molecular weight is 1130 g/mol. The molecule has 88 heavy (non-hydrogen) atoms. The van der Waals surface area contributed by atoms with Gasteiger partial charge in [-0.2, -0.15) is 0 Å². The smallest absolute Gasteiger partial charge is 0.252 e. The molecule has 0 spiro atoms. The van der Waals surface area contributed by atoms with E-state index >= 15 is 0 Å². The van der Waals surface area contributed by atoms with Gasteiger partial charge in [0.25, 0.3) is 6.71 Å². The molecule has 12 aromatic carbocycles. The van der Waals surface area contributed by atoms with E-state index in [9.17, 15) is 0 Å². The summed E-state index contributed by atoms with van der Waals surface area (Å²) in [7, 11) is 0. The molecular formula is C81H67B2N5. The topological polar surface area (TPSA) is 17.9 Å². The van der Waals surface area contributed by atoms with Crippen molar-refractivity contribution in [2.75, 3.05) is 19.6 Å². The fourth-order valence-electron chi connectivity index (χ4n) is 15.0. The highest BCUT2D eigenvalue weighted by atomic mass is 15.2. The lowest BCUT2D eigenvalue weighted by Gasteiger charge is -2.46. The SMILES string of the molecule is CC(C)c1cc(C(C)C)c(B2c3ccccc3N(c3ccccc3)c3cc4c(cc32)B2c3ccc(N(c5ccccc5)c5ccccc5)cc3N(c3ccccc3)c3cc(-n5c6ccccc6c6ccccc65)cc(c32)N4c2ccccc2)c(C(C)C)c1. The number of fused-ring (bicyclic) bond motifs is 9. The number of hydrogen-bond donors (Lipinski definition) is 0. The number of rotatable bonds is 11. The lowest BCUT2D eigenvalue weighted by atomic mass is 9.30. The largest absolute Gasteiger partial charge is 0.311 e. The van der Waals surface area contributed by atoms with Gasteiger partial charge in [-0.25, -0.2) is 0 Å². The Kier molecular flexibility index (Phi) is 12.9. The molecule has 1 aromatic heterocycles. The van der Waals surface area contributed by atoms with Crippen molar-refractivity contribution in [1.29, 1.82) is 0 Å². The first-order valence-corrected chi connectivity index (χ1v) is 31.4. The van der Waals surface area contributed by atoms with Gasteiger partial charge in [0.15, 0.2) is 0 Å². The molecule has 7 heteroatoms. The van der Waals surface area contributed by atoms with Crippen LogP contribution in [-0.4, -0.2) is 18.0 Å². The zero-order valence-corrected chi connectivity index (χ0v) is 50.7. The molecule has 3 aliphatic rings. The molecule has 0 unspecified atom stereocenters. The van der Waals surface area contributed by atoms with Gasteiger partial charge in [-0.15, -0.1) is 0 Å². The Labute approximate surface area is 518 Å². The minimum atomic E-state index is -0.191. The molecule has 3 aliphatic heterocycles. The molecule has 0 saturated carbocycles. The van der Waals surface area contributed by atoms with Crippen molar-refractivity contribution >= 4 is 136 Å². The second-order valence-corrected chi connectivity index (χ2v) is 25.0. The zero-order valence-electron chi connectivity index (χ0n) is 50.7. The average Bonchev–Trinajstić information content (AvgIpc) is 0.731. The first-order valence-electron chi connectivity index (χ1n) is 31.4. The summed E-state index contributed by atoms with van der Waals surface area (Å²) in [5.74, 6) is 0.959. The molecule has 0 N–H and O–H groups in total. The molecular weight excluding hydrogens is 1060 g/mol. The number of hydrogen-bond acceptors (Lipinski definition) is 4. The molecule has 0 radical (unpaired) electrons. The van der Waals surface area contributed by atoms with Crippen LogP contribution in [0.5, 0.6) is 0 Å². The highest BCUT2D eigenvalue weighted by Gasteiger charge is 2.47. The number of anilines is 12. The van der Waals surface area contributed by atoms with Crippen molar-refractivity contribution in [2.45, 2.75) is 59.3 Å². The number of para-hydroxylation sites is 8. The van der Waals surface area contributed by atoms with Gasteiger partial charge in [0.05, 0.1) is 16.7 Å². The van der Waals surface area contributed by atoms with Crippen LogP contribution in [0.3, 0.4) is 0 Å². The van der Waals surface area contributed by atoms with E-state index in [1.54, 1.807) is 0 Å². The van der Waals surface area contributed by atoms with Crippen LogP contribution in [0.4, 0.5) is 68.2 Å². The Balaban J connectivity index is 1.06. The molecule has 16 rings (SSSR count). The normalized spacial score (nSPS) is 13.1. The van der Waals surface area contributed by atoms with E-state index in [0.717, 1.165) is 62.6 Å². The standard InChI is InChI=1S/C81H67B2N5/c1-53(2)56-46-66(54(3)4)80(67(47-56)55(5)6)82-68-40-24-27-43-74(68)85(59-32-16-9-17-33-59)76-52-77-71(51-70(76)82)83-69-45-44-62(84(57-28-12-7-13-29-57)58-30-14-8-15-31-58)48-75(69)86(60-34-18-10-19-35-60)78-49-63(50-79(81(78)83)87(77)61-36-20-11-21-37-61)88-72-41-25-22-38-64(72)65-39-23-26-42-73(65)88/h7-55H,1-6H3. The summed E-state index contributed by atoms with van der Waals surface area (Å²) in [5, 5.41) is 2.46. The van der Waals surface area contributed by atoms with Gasteiger partial charge in [-0.05, 0) is 171 Å². The summed E-state index contributed by atoms with van der Waals surface area (Å²) in [6.45, 7) is 14.0. The van der Waals surface area contributed by atoms with Crippen molar-refractivity contribution in [2.24, 2.45) is 0 Å². The van der Waals surface area contributed by atoms with Crippen LogP contribution in [0.2, 0.25) is 0 Å². The van der Waals surface area contributed by atoms with E-state index in [1.165, 1.54) is 82.6 Å². The van der Waals surface area contributed by atoms with Gasteiger partial charge >= 0.3 is 0 Å². The van der Waals surface area contributed by atoms with E-state index in [1.807, 2.05) is 0 Å². The predicted molar refractivity (Wildman–Crippen MR) is 378 cm³/mol. The molecule has 0 bridgehead atoms. The maximum absolute atomic E-state index is 2.68. The molecule has 0 atom stereocenters. The second kappa shape index (κ2) is 21.3. The Morgan fingerprint density at radius 3 is 1.18 bits per heavy atom. The second-order valence-electron chi connectivity index (χ2n) is 25.0. The van der Waals surface area contributed by atoms with Crippen LogP contribution in [0.1, 0.15) is 76.0 Å². The molecule has 13 aromatic rings. The van der Waals surface area contributed by atoms with Crippen molar-refractivity contribution < 1.29 is 0 Å². The highest BCUT2D eigenvalue weighted by Crippen LogP contribution is 2.49. The molecule has 5 nitrogen and oxygen atoms in total. The van der Waals surface area contributed by atoms with Crippen LogP contribution < -0.4 is 52.4 Å². The van der Waals surface area contributed by atoms with Crippen molar-refractivity contribution in [3.8, 4) is 5.69 Å². The monoisotopic (exact) mass is 1130 g/mol. The van der Waals surface area contributed by atoms with Crippen molar-refractivity contribution in [1.82, 2.24) is 4.57 Å². The Morgan fingerprint density at radius 2 is 0.693 bits per heavy atom. The van der Waals surface area contributed by atoms with Gasteiger partial charge in [-0.1, -0.05) is 217 Å². The lowest BCUT2D eigenvalue weighted by molar-refractivity contribution is 0.812. The molecule has 4 heterocycles. The predicted octanol–water partition coefficient (Wildman–Crippen LogP) is 18.0. The third-order valence-corrected chi connectivity index (χ3v) is 18.9. The van der Waals surface area contributed by atoms with Gasteiger partial charge in [0.2, 0.25) is 6.71 Å². The number of aromatic nitrogens is 1. The molecule has 0 fully saturated rings. The van der Waals surface area contributed by atoms with E-state index in [2.05, 4.69) is 345 Å².